The molecule has 0 spiro atoms. The second-order valence-corrected chi connectivity index (χ2v) is 9.68. The number of benzene rings is 1. The van der Waals surface area contributed by atoms with Crippen LogP contribution in [0.4, 0.5) is 0 Å². The molecular formula is C18H24N4O6S2. The van der Waals surface area contributed by atoms with E-state index in [0.29, 0.717) is 29.4 Å². The second kappa shape index (κ2) is 9.14. The molecular weight excluding hydrogens is 432 g/mol. The summed E-state index contributed by atoms with van der Waals surface area (Å²) in [4.78, 5) is 14.1. The van der Waals surface area contributed by atoms with E-state index in [9.17, 15) is 13.2 Å². The number of hydrogen-bond donors (Lipinski definition) is 1. The third-order valence-corrected chi connectivity index (χ3v) is 6.65. The number of methoxy groups -OCH3 is 2. The minimum absolute atomic E-state index is 0.00976. The number of nitrogens with one attached hydrogen (secondary N) is 1. The van der Waals surface area contributed by atoms with E-state index in [4.69, 9.17) is 26.1 Å². The molecule has 1 fully saturated rings. The number of sulfone groups is 1. The van der Waals surface area contributed by atoms with Crippen molar-refractivity contribution in [3.63, 3.8) is 0 Å². The Hall–Kier alpha value is -2.44. The molecule has 1 amide bonds. The lowest BCUT2D eigenvalue weighted by molar-refractivity contribution is -0.122. The van der Waals surface area contributed by atoms with Gasteiger partial charge in [-0.2, -0.15) is 0 Å². The fraction of sp³-hybridized carbons (Fsp3) is 0.500. The number of ether oxygens (including phenoxy) is 2. The van der Waals surface area contributed by atoms with Gasteiger partial charge in [-0.15, -0.1) is 5.10 Å². The highest BCUT2D eigenvalue weighted by Crippen LogP contribution is 2.29. The van der Waals surface area contributed by atoms with Crippen molar-refractivity contribution in [2.24, 2.45) is 0 Å². The van der Waals surface area contributed by atoms with Gasteiger partial charge in [0, 0.05) is 17.7 Å². The summed E-state index contributed by atoms with van der Waals surface area (Å²) >= 11 is 5.25. The standard InChI is InChI=1S/C18H24N4O6S2/c1-21(9-16(23)19-13-4-5-30(24,25)10-13)11-22-18(29)28-17(20-22)12-6-14(26-2)8-15(7-12)27-3/h6-8,13H,4-5,9-11H2,1-3H3,(H,19,23). The zero-order chi connectivity index (χ0) is 21.9. The van der Waals surface area contributed by atoms with Gasteiger partial charge in [0.05, 0.1) is 38.9 Å². The predicted molar refractivity (Wildman–Crippen MR) is 112 cm³/mol. The van der Waals surface area contributed by atoms with Crippen molar-refractivity contribution in [3.05, 3.63) is 23.0 Å². The molecule has 1 N–H and O–H groups in total. The van der Waals surface area contributed by atoms with Crippen LogP contribution in [0.3, 0.4) is 0 Å². The molecule has 1 aromatic carbocycles. The van der Waals surface area contributed by atoms with Crippen LogP contribution in [0.5, 0.6) is 11.5 Å². The third-order valence-electron chi connectivity index (χ3n) is 4.59. The first kappa shape index (κ1) is 22.2. The minimum Gasteiger partial charge on any atom is -0.497 e. The monoisotopic (exact) mass is 456 g/mol. The van der Waals surface area contributed by atoms with Crippen LogP contribution in [0.25, 0.3) is 11.5 Å². The Morgan fingerprint density at radius 1 is 1.33 bits per heavy atom. The van der Waals surface area contributed by atoms with Gasteiger partial charge in [-0.05, 0) is 37.8 Å². The lowest BCUT2D eigenvalue weighted by Gasteiger charge is -2.17. The maximum Gasteiger partial charge on any atom is 0.288 e. The van der Waals surface area contributed by atoms with Crippen LogP contribution in [-0.2, 0) is 21.3 Å². The van der Waals surface area contributed by atoms with Gasteiger partial charge in [0.25, 0.3) is 4.84 Å². The zero-order valence-electron chi connectivity index (χ0n) is 17.0. The van der Waals surface area contributed by atoms with Gasteiger partial charge in [0.15, 0.2) is 9.84 Å². The fourth-order valence-electron chi connectivity index (χ4n) is 3.15. The van der Waals surface area contributed by atoms with Crippen LogP contribution >= 0.6 is 12.2 Å². The van der Waals surface area contributed by atoms with E-state index >= 15 is 0 Å². The molecule has 2 aromatic rings. The van der Waals surface area contributed by atoms with Crippen molar-refractivity contribution < 1.29 is 27.1 Å². The maximum absolute atomic E-state index is 12.2. The maximum atomic E-state index is 12.2. The van der Waals surface area contributed by atoms with Crippen LogP contribution in [0.15, 0.2) is 22.6 Å². The molecule has 1 aliphatic heterocycles. The highest BCUT2D eigenvalue weighted by molar-refractivity contribution is 7.91. The second-order valence-electron chi connectivity index (χ2n) is 7.10. The molecule has 1 aromatic heterocycles. The molecule has 1 aliphatic rings. The molecule has 0 aliphatic carbocycles. The number of amides is 1. The van der Waals surface area contributed by atoms with Crippen LogP contribution in [0.1, 0.15) is 6.42 Å². The third kappa shape index (κ3) is 5.58. The Balaban J connectivity index is 1.64. The highest BCUT2D eigenvalue weighted by Gasteiger charge is 2.29. The summed E-state index contributed by atoms with van der Waals surface area (Å²) in [6.07, 6.45) is 0.444. The van der Waals surface area contributed by atoms with Crippen molar-refractivity contribution >= 4 is 28.0 Å². The molecule has 0 saturated carbocycles. The summed E-state index contributed by atoms with van der Waals surface area (Å²) in [5.74, 6) is 1.31. The summed E-state index contributed by atoms with van der Waals surface area (Å²) in [6.45, 7) is 0.285. The van der Waals surface area contributed by atoms with Crippen molar-refractivity contribution in [2.45, 2.75) is 19.1 Å². The lowest BCUT2D eigenvalue weighted by Crippen LogP contribution is -2.42. The van der Waals surface area contributed by atoms with Gasteiger partial charge in [0.2, 0.25) is 11.8 Å². The average molecular weight is 457 g/mol. The van der Waals surface area contributed by atoms with Crippen LogP contribution in [-0.4, -0.2) is 74.4 Å². The summed E-state index contributed by atoms with van der Waals surface area (Å²) in [7, 11) is 1.79. The summed E-state index contributed by atoms with van der Waals surface area (Å²) in [5, 5.41) is 7.14. The van der Waals surface area contributed by atoms with Gasteiger partial charge in [-0.1, -0.05) is 0 Å². The molecule has 30 heavy (non-hydrogen) atoms. The van der Waals surface area contributed by atoms with Gasteiger partial charge in [0.1, 0.15) is 11.5 Å². The predicted octanol–water partition coefficient (Wildman–Crippen LogP) is 1.08. The fourth-order valence-corrected chi connectivity index (χ4v) is 5.00. The number of likely N-dealkylation sites (N-methyl/N-ethyl adjacent to an activating group) is 1. The summed E-state index contributed by atoms with van der Waals surface area (Å²) in [6, 6.07) is 4.90. The molecule has 10 nitrogen and oxygen atoms in total. The first-order chi connectivity index (χ1) is 14.2. The SMILES string of the molecule is COc1cc(OC)cc(-c2nn(CN(C)CC(=O)NC3CCS(=O)(=O)C3)c(=S)o2)c1. The average Bonchev–Trinajstić information content (AvgIpc) is 3.22. The zero-order valence-corrected chi connectivity index (χ0v) is 18.6. The van der Waals surface area contributed by atoms with Crippen molar-refractivity contribution in [3.8, 4) is 23.0 Å². The Labute approximate surface area is 179 Å². The Kier molecular flexibility index (Phi) is 6.78. The van der Waals surface area contributed by atoms with Crippen LogP contribution in [0.2, 0.25) is 0 Å². The summed E-state index contributed by atoms with van der Waals surface area (Å²) in [5.41, 5.74) is 0.638. The molecule has 0 radical (unpaired) electrons. The molecule has 1 saturated heterocycles. The highest BCUT2D eigenvalue weighted by atomic mass is 32.2. The molecule has 164 valence electrons. The Morgan fingerprint density at radius 2 is 2.00 bits per heavy atom. The van der Waals surface area contributed by atoms with E-state index in [1.54, 1.807) is 44.4 Å². The molecule has 1 atom stereocenters. The van der Waals surface area contributed by atoms with Crippen LogP contribution < -0.4 is 14.8 Å². The number of aromatic nitrogens is 2. The largest absolute Gasteiger partial charge is 0.497 e. The quantitative estimate of drug-likeness (QED) is 0.583. The van der Waals surface area contributed by atoms with Gasteiger partial charge in [-0.25, -0.2) is 13.1 Å². The number of nitrogens with zero attached hydrogens (tertiary/aromatic N) is 3. The van der Waals surface area contributed by atoms with E-state index < -0.39 is 9.84 Å². The van der Waals surface area contributed by atoms with E-state index in [2.05, 4.69) is 10.4 Å². The van der Waals surface area contributed by atoms with Gasteiger partial charge in [-0.3, -0.25) is 9.69 Å². The molecule has 1 unspecified atom stereocenters. The van der Waals surface area contributed by atoms with E-state index in [-0.39, 0.29) is 41.5 Å². The molecule has 2 heterocycles. The number of hydrogen-bond acceptors (Lipinski definition) is 9. The van der Waals surface area contributed by atoms with Gasteiger partial charge >= 0.3 is 0 Å². The van der Waals surface area contributed by atoms with E-state index in [1.165, 1.54) is 4.68 Å². The first-order valence-corrected chi connectivity index (χ1v) is 11.4. The smallest absolute Gasteiger partial charge is 0.288 e. The Morgan fingerprint density at radius 3 is 2.57 bits per heavy atom. The van der Waals surface area contributed by atoms with Crippen molar-refractivity contribution in [1.29, 1.82) is 0 Å². The minimum atomic E-state index is -3.04. The molecule has 3 rings (SSSR count). The topological polar surface area (TPSA) is 116 Å². The Bertz CT molecular complexity index is 1060. The number of carbonyl (C=O) groups excluding carboxylic acids is 1. The number of rotatable bonds is 8. The van der Waals surface area contributed by atoms with E-state index in [0.717, 1.165) is 0 Å². The van der Waals surface area contributed by atoms with Crippen molar-refractivity contribution in [1.82, 2.24) is 20.0 Å². The number of carbonyl (C=O) groups is 1. The van der Waals surface area contributed by atoms with Crippen molar-refractivity contribution in [2.75, 3.05) is 39.3 Å². The first-order valence-electron chi connectivity index (χ1n) is 9.19. The molecule has 12 heteroatoms. The lowest BCUT2D eigenvalue weighted by atomic mass is 10.2. The van der Waals surface area contributed by atoms with E-state index in [1.807, 2.05) is 0 Å². The van der Waals surface area contributed by atoms with Crippen LogP contribution in [0, 0.1) is 4.84 Å². The van der Waals surface area contributed by atoms with Gasteiger partial charge < -0.3 is 19.2 Å². The summed E-state index contributed by atoms with van der Waals surface area (Å²) < 4.78 is 40.6. The molecule has 0 bridgehead atoms. The normalized spacial score (nSPS) is 17.8.